The fourth-order valence-corrected chi connectivity index (χ4v) is 4.38. The molecule has 0 spiro atoms. The Bertz CT molecular complexity index is 1330. The molecule has 3 aromatic rings. The molecule has 4 rings (SSSR count). The third-order valence-electron chi connectivity index (χ3n) is 5.37. The van der Waals surface area contributed by atoms with Gasteiger partial charge in [0.2, 0.25) is 0 Å². The SMILES string of the molecule is Cc1ccc(C)c(OCCN2C(=O)S/C(=C\c3ccc(-c4ccc([N+](=O)[O-])c(C)c4)o3)C2=O)c1. The number of carbonyl (C=O) groups is 2. The normalized spacial score (nSPS) is 14.8. The molecule has 9 heteroatoms. The highest BCUT2D eigenvalue weighted by molar-refractivity contribution is 8.18. The van der Waals surface area contributed by atoms with Crippen LogP contribution in [0.2, 0.25) is 0 Å². The molecule has 174 valence electrons. The van der Waals surface area contributed by atoms with Gasteiger partial charge in [0.1, 0.15) is 23.9 Å². The lowest BCUT2D eigenvalue weighted by molar-refractivity contribution is -0.385. The summed E-state index contributed by atoms with van der Waals surface area (Å²) in [5, 5.41) is 10.7. The van der Waals surface area contributed by atoms with Gasteiger partial charge < -0.3 is 9.15 Å². The van der Waals surface area contributed by atoms with Gasteiger partial charge in [-0.2, -0.15) is 0 Å². The first kappa shape index (κ1) is 23.3. The van der Waals surface area contributed by atoms with E-state index in [9.17, 15) is 19.7 Å². The van der Waals surface area contributed by atoms with E-state index in [1.807, 2.05) is 32.0 Å². The Balaban J connectivity index is 1.43. The van der Waals surface area contributed by atoms with Crippen molar-refractivity contribution < 1.29 is 23.7 Å². The van der Waals surface area contributed by atoms with Gasteiger partial charge in [-0.25, -0.2) is 0 Å². The number of nitrogens with zero attached hydrogens (tertiary/aromatic N) is 2. The summed E-state index contributed by atoms with van der Waals surface area (Å²) in [5.41, 5.74) is 3.28. The van der Waals surface area contributed by atoms with Crippen LogP contribution in [0.5, 0.6) is 5.75 Å². The molecule has 0 saturated carbocycles. The molecule has 0 radical (unpaired) electrons. The first-order valence-corrected chi connectivity index (χ1v) is 11.4. The molecule has 0 unspecified atom stereocenters. The Morgan fingerprint density at radius 3 is 2.59 bits per heavy atom. The summed E-state index contributed by atoms with van der Waals surface area (Å²) in [6, 6.07) is 14.0. The standard InChI is InChI=1S/C25H22N2O6S/c1-15-4-5-16(2)22(12-15)32-11-10-26-24(28)23(34-25(26)29)14-19-7-9-21(33-19)18-6-8-20(27(30)31)17(3)13-18/h4-9,12-14H,10-11H2,1-3H3/b23-14-. The molecule has 1 saturated heterocycles. The number of nitro benzene ring substituents is 1. The first-order valence-electron chi connectivity index (χ1n) is 10.5. The maximum Gasteiger partial charge on any atom is 0.293 e. The Hall–Kier alpha value is -3.85. The highest BCUT2D eigenvalue weighted by Gasteiger charge is 2.35. The van der Waals surface area contributed by atoms with Gasteiger partial charge in [-0.3, -0.25) is 24.6 Å². The quantitative estimate of drug-likeness (QED) is 0.237. The van der Waals surface area contributed by atoms with Gasteiger partial charge in [-0.1, -0.05) is 12.1 Å². The van der Waals surface area contributed by atoms with Crippen LogP contribution in [0.25, 0.3) is 17.4 Å². The molecule has 1 aliphatic heterocycles. The number of furan rings is 1. The van der Waals surface area contributed by atoms with Crippen molar-refractivity contribution >= 4 is 34.7 Å². The van der Waals surface area contributed by atoms with Crippen molar-refractivity contribution in [3.8, 4) is 17.1 Å². The highest BCUT2D eigenvalue weighted by atomic mass is 32.2. The Morgan fingerprint density at radius 1 is 1.06 bits per heavy atom. The Kier molecular flexibility index (Phi) is 6.56. The van der Waals surface area contributed by atoms with Gasteiger partial charge in [0, 0.05) is 23.3 Å². The van der Waals surface area contributed by atoms with Crippen LogP contribution in [0, 0.1) is 30.9 Å². The number of rotatable bonds is 7. The zero-order chi connectivity index (χ0) is 24.4. The number of hydrogen-bond donors (Lipinski definition) is 0. The van der Waals surface area contributed by atoms with Crippen molar-refractivity contribution in [2.75, 3.05) is 13.2 Å². The monoisotopic (exact) mass is 478 g/mol. The van der Waals surface area contributed by atoms with E-state index in [1.54, 1.807) is 31.2 Å². The summed E-state index contributed by atoms with van der Waals surface area (Å²) in [5.74, 6) is 1.24. The largest absolute Gasteiger partial charge is 0.491 e. The highest BCUT2D eigenvalue weighted by Crippen LogP contribution is 2.34. The number of aryl methyl sites for hydroxylation is 3. The predicted molar refractivity (Wildman–Crippen MR) is 130 cm³/mol. The molecule has 1 fully saturated rings. The molecule has 2 heterocycles. The lowest BCUT2D eigenvalue weighted by atomic mass is 10.1. The minimum Gasteiger partial charge on any atom is -0.491 e. The van der Waals surface area contributed by atoms with Gasteiger partial charge in [-0.05, 0) is 74.0 Å². The second-order valence-corrected chi connectivity index (χ2v) is 8.90. The molecule has 1 aromatic heterocycles. The van der Waals surface area contributed by atoms with E-state index in [0.29, 0.717) is 22.6 Å². The van der Waals surface area contributed by atoms with Gasteiger partial charge in [0.05, 0.1) is 16.4 Å². The maximum atomic E-state index is 12.8. The second-order valence-electron chi connectivity index (χ2n) is 7.91. The number of benzene rings is 2. The van der Waals surface area contributed by atoms with Crippen LogP contribution >= 0.6 is 11.8 Å². The van der Waals surface area contributed by atoms with Crippen molar-refractivity contribution in [2.45, 2.75) is 20.8 Å². The Labute approximate surface area is 200 Å². The van der Waals surface area contributed by atoms with Crippen molar-refractivity contribution in [3.05, 3.63) is 86.0 Å². The number of carbonyl (C=O) groups excluding carboxylic acids is 2. The van der Waals surface area contributed by atoms with E-state index in [-0.39, 0.29) is 29.0 Å². The van der Waals surface area contributed by atoms with E-state index in [2.05, 4.69) is 0 Å². The van der Waals surface area contributed by atoms with E-state index in [1.165, 1.54) is 12.1 Å². The Morgan fingerprint density at radius 2 is 1.85 bits per heavy atom. The third kappa shape index (κ3) is 4.89. The van der Waals surface area contributed by atoms with Gasteiger partial charge >= 0.3 is 0 Å². The molecular formula is C25H22N2O6S. The maximum absolute atomic E-state index is 12.8. The zero-order valence-corrected chi connectivity index (χ0v) is 19.7. The van der Waals surface area contributed by atoms with Crippen LogP contribution in [0.3, 0.4) is 0 Å². The third-order valence-corrected chi connectivity index (χ3v) is 6.28. The lowest BCUT2D eigenvalue weighted by Crippen LogP contribution is -2.32. The van der Waals surface area contributed by atoms with Crippen molar-refractivity contribution in [1.82, 2.24) is 4.90 Å². The lowest BCUT2D eigenvalue weighted by Gasteiger charge is -2.14. The summed E-state index contributed by atoms with van der Waals surface area (Å²) < 4.78 is 11.6. The minimum atomic E-state index is -0.435. The number of nitro groups is 1. The molecule has 0 bridgehead atoms. The van der Waals surface area contributed by atoms with Crippen molar-refractivity contribution in [2.24, 2.45) is 0 Å². The first-order chi connectivity index (χ1) is 16.2. The molecule has 2 aromatic carbocycles. The molecule has 0 aliphatic carbocycles. The van der Waals surface area contributed by atoms with E-state index >= 15 is 0 Å². The van der Waals surface area contributed by atoms with Crippen LogP contribution in [0.4, 0.5) is 10.5 Å². The van der Waals surface area contributed by atoms with Crippen LogP contribution < -0.4 is 4.74 Å². The van der Waals surface area contributed by atoms with Crippen LogP contribution in [0.15, 0.2) is 57.9 Å². The average Bonchev–Trinajstić information content (AvgIpc) is 3.36. The zero-order valence-electron chi connectivity index (χ0n) is 18.9. The predicted octanol–water partition coefficient (Wildman–Crippen LogP) is 5.90. The van der Waals surface area contributed by atoms with Crippen molar-refractivity contribution in [1.29, 1.82) is 0 Å². The second kappa shape index (κ2) is 9.56. The van der Waals surface area contributed by atoms with Gasteiger partial charge in [-0.15, -0.1) is 0 Å². The number of imide groups is 1. The summed E-state index contributed by atoms with van der Waals surface area (Å²) >= 11 is 0.849. The fraction of sp³-hybridized carbons (Fsp3) is 0.200. The van der Waals surface area contributed by atoms with E-state index in [4.69, 9.17) is 9.15 Å². The van der Waals surface area contributed by atoms with Gasteiger partial charge in [0.25, 0.3) is 16.8 Å². The number of ether oxygens (including phenoxy) is 1. The molecule has 2 amide bonds. The summed E-state index contributed by atoms with van der Waals surface area (Å²) in [6.45, 7) is 5.90. The van der Waals surface area contributed by atoms with E-state index in [0.717, 1.165) is 33.5 Å². The average molecular weight is 479 g/mol. The van der Waals surface area contributed by atoms with Gasteiger partial charge in [0.15, 0.2) is 0 Å². The minimum absolute atomic E-state index is 0.0331. The molecule has 0 atom stereocenters. The van der Waals surface area contributed by atoms with Crippen LogP contribution in [-0.4, -0.2) is 34.1 Å². The number of hydrogen-bond acceptors (Lipinski definition) is 7. The molecule has 1 aliphatic rings. The summed E-state index contributed by atoms with van der Waals surface area (Å²) in [7, 11) is 0. The molecular weight excluding hydrogens is 456 g/mol. The molecule has 34 heavy (non-hydrogen) atoms. The summed E-state index contributed by atoms with van der Waals surface area (Å²) in [4.78, 5) is 37.2. The molecule has 8 nitrogen and oxygen atoms in total. The van der Waals surface area contributed by atoms with E-state index < -0.39 is 10.8 Å². The summed E-state index contributed by atoms with van der Waals surface area (Å²) in [6.07, 6.45) is 1.53. The topological polar surface area (TPSA) is 103 Å². The van der Waals surface area contributed by atoms with Crippen LogP contribution in [-0.2, 0) is 4.79 Å². The molecule has 0 N–H and O–H groups in total. The number of thioether (sulfide) groups is 1. The van der Waals surface area contributed by atoms with Crippen molar-refractivity contribution in [3.63, 3.8) is 0 Å². The smallest absolute Gasteiger partial charge is 0.293 e. The van der Waals surface area contributed by atoms with Crippen LogP contribution in [0.1, 0.15) is 22.5 Å². The fourth-order valence-electron chi connectivity index (χ4n) is 3.53. The number of amides is 2.